The molecule has 0 aromatic heterocycles. The van der Waals surface area contributed by atoms with Crippen molar-refractivity contribution < 1.29 is 29.0 Å². The van der Waals surface area contributed by atoms with Gasteiger partial charge in [0.05, 0.1) is 5.56 Å². The summed E-state index contributed by atoms with van der Waals surface area (Å²) in [6.45, 7) is 5.50. The molecule has 0 aliphatic carbocycles. The maximum absolute atomic E-state index is 12.9. The summed E-state index contributed by atoms with van der Waals surface area (Å²) in [7, 11) is 1.92. The van der Waals surface area contributed by atoms with Gasteiger partial charge in [-0.1, -0.05) is 153 Å². The van der Waals surface area contributed by atoms with Crippen molar-refractivity contribution in [3.8, 4) is 0 Å². The number of carboxylic acids is 1. The van der Waals surface area contributed by atoms with Gasteiger partial charge in [0.1, 0.15) is 12.7 Å². The van der Waals surface area contributed by atoms with E-state index in [1.54, 1.807) is 24.3 Å². The summed E-state index contributed by atoms with van der Waals surface area (Å²) < 4.78 is 11.5. The van der Waals surface area contributed by atoms with Crippen molar-refractivity contribution in [3.63, 3.8) is 0 Å². The van der Waals surface area contributed by atoms with E-state index in [1.165, 1.54) is 116 Å². The van der Waals surface area contributed by atoms with Crippen LogP contribution in [0.1, 0.15) is 210 Å². The van der Waals surface area contributed by atoms with Crippen LogP contribution in [0, 0.1) is 0 Å². The second kappa shape index (κ2) is 36.7. The molecule has 1 atom stereocenters. The largest absolute Gasteiger partial charge is 0.478 e. The molecule has 0 bridgehead atoms. The molecule has 0 fully saturated rings. The highest BCUT2D eigenvalue weighted by molar-refractivity contribution is 5.87. The number of unbranched alkanes of at least 4 members (excludes halogenated alkanes) is 22. The summed E-state index contributed by atoms with van der Waals surface area (Å²) >= 11 is 0. The molecule has 0 radical (unpaired) electrons. The van der Waals surface area contributed by atoms with Crippen molar-refractivity contribution in [3.05, 3.63) is 59.7 Å². The van der Waals surface area contributed by atoms with Crippen molar-refractivity contribution in [2.45, 2.75) is 206 Å². The van der Waals surface area contributed by atoms with E-state index in [0.717, 1.165) is 56.9 Å². The molecule has 0 saturated heterocycles. The van der Waals surface area contributed by atoms with Crippen LogP contribution in [0.5, 0.6) is 0 Å². The fourth-order valence-corrected chi connectivity index (χ4v) is 6.78. The van der Waals surface area contributed by atoms with Crippen molar-refractivity contribution >= 4 is 17.9 Å². The first kappa shape index (κ1) is 50.1. The third-order valence-corrected chi connectivity index (χ3v) is 10.2. The number of hydrogen-bond acceptors (Lipinski definition) is 6. The average molecular weight is 768 g/mol. The van der Waals surface area contributed by atoms with Gasteiger partial charge >= 0.3 is 17.9 Å². The number of carbonyl (C=O) groups excluding carboxylic acids is 2. The fourth-order valence-electron chi connectivity index (χ4n) is 6.78. The van der Waals surface area contributed by atoms with Crippen molar-refractivity contribution in [1.82, 2.24) is 4.90 Å². The monoisotopic (exact) mass is 768 g/mol. The first-order chi connectivity index (χ1) is 26.8. The van der Waals surface area contributed by atoms with Gasteiger partial charge in [0, 0.05) is 25.9 Å². The molecule has 1 aromatic rings. The van der Waals surface area contributed by atoms with E-state index in [4.69, 9.17) is 9.47 Å². The number of allylic oxidation sites excluding steroid dienone is 4. The number of likely N-dealkylation sites (N-methyl/N-ethyl adjacent to an activating group) is 1. The standard InChI is InChI=1S/C48H81NO6/c1-4-6-8-10-12-14-16-18-20-22-24-26-28-30-32-34-46(50)54-42-45(41-49(3)40-43-36-38-44(39-37-43)48(52)53)55-47(51)35-33-31-29-27-25-23-21-19-17-15-13-11-9-7-5-2/h18-21,36-39,45H,4-17,22-35,40-42H2,1-3H3,(H,52,53). The van der Waals surface area contributed by atoms with E-state index < -0.39 is 12.1 Å². The topological polar surface area (TPSA) is 93.1 Å². The van der Waals surface area contributed by atoms with Crippen LogP contribution in [-0.4, -0.2) is 54.2 Å². The van der Waals surface area contributed by atoms with Crippen LogP contribution < -0.4 is 0 Å². The predicted molar refractivity (Wildman–Crippen MR) is 229 cm³/mol. The molecule has 0 saturated carbocycles. The molecule has 1 aromatic carbocycles. The first-order valence-electron chi connectivity index (χ1n) is 22.5. The van der Waals surface area contributed by atoms with E-state index in [0.29, 0.717) is 25.9 Å². The van der Waals surface area contributed by atoms with Crippen LogP contribution >= 0.6 is 0 Å². The molecular formula is C48H81NO6. The zero-order valence-electron chi connectivity index (χ0n) is 35.6. The number of benzene rings is 1. The number of carbonyl (C=O) groups is 3. The van der Waals surface area contributed by atoms with Crippen LogP contribution in [0.4, 0.5) is 0 Å². The molecule has 0 amide bonds. The van der Waals surface area contributed by atoms with Crippen LogP contribution in [-0.2, 0) is 25.6 Å². The SMILES string of the molecule is CCCCCCCCC=CCCCCCCCC(=O)OCC(CN(C)Cc1ccc(C(=O)O)cc1)OC(=O)CCCCCCCC=CCCCCCCCC. The first-order valence-corrected chi connectivity index (χ1v) is 22.5. The Labute approximate surface area is 337 Å². The summed E-state index contributed by atoms with van der Waals surface area (Å²) in [5.41, 5.74) is 1.19. The Bertz CT molecular complexity index is 1130. The smallest absolute Gasteiger partial charge is 0.335 e. The van der Waals surface area contributed by atoms with E-state index in [9.17, 15) is 19.5 Å². The molecule has 7 heteroatoms. The van der Waals surface area contributed by atoms with E-state index in [1.807, 2.05) is 11.9 Å². The number of esters is 2. The second-order valence-electron chi connectivity index (χ2n) is 15.7. The average Bonchev–Trinajstić information content (AvgIpc) is 3.17. The molecule has 7 nitrogen and oxygen atoms in total. The minimum Gasteiger partial charge on any atom is -0.478 e. The summed E-state index contributed by atoms with van der Waals surface area (Å²) in [5.74, 6) is -1.46. The highest BCUT2D eigenvalue weighted by atomic mass is 16.6. The number of hydrogen-bond donors (Lipinski definition) is 1. The molecule has 314 valence electrons. The van der Waals surface area contributed by atoms with E-state index in [-0.39, 0.29) is 24.1 Å². The van der Waals surface area contributed by atoms with Gasteiger partial charge < -0.3 is 14.6 Å². The van der Waals surface area contributed by atoms with Gasteiger partial charge in [-0.15, -0.1) is 0 Å². The Kier molecular flexibility index (Phi) is 33.4. The van der Waals surface area contributed by atoms with Crippen LogP contribution in [0.3, 0.4) is 0 Å². The number of ether oxygens (including phenoxy) is 2. The lowest BCUT2D eigenvalue weighted by molar-refractivity contribution is -0.160. The summed E-state index contributed by atoms with van der Waals surface area (Å²) in [5, 5.41) is 9.21. The van der Waals surface area contributed by atoms with Gasteiger partial charge in [0.2, 0.25) is 0 Å². The lowest BCUT2D eigenvalue weighted by Gasteiger charge is -2.24. The number of rotatable bonds is 38. The Balaban J connectivity index is 2.34. The minimum absolute atomic E-state index is 0.0321. The van der Waals surface area contributed by atoms with Gasteiger partial charge in [-0.05, 0) is 89.0 Å². The Morgan fingerprint density at radius 3 is 1.42 bits per heavy atom. The number of aromatic carboxylic acids is 1. The Morgan fingerprint density at radius 2 is 0.982 bits per heavy atom. The zero-order valence-corrected chi connectivity index (χ0v) is 35.6. The minimum atomic E-state index is -0.957. The summed E-state index contributed by atoms with van der Waals surface area (Å²) in [6.07, 6.45) is 40.8. The maximum atomic E-state index is 12.9. The molecule has 0 spiro atoms. The third kappa shape index (κ3) is 31.9. The maximum Gasteiger partial charge on any atom is 0.335 e. The predicted octanol–water partition coefficient (Wildman–Crippen LogP) is 13.3. The highest BCUT2D eigenvalue weighted by Gasteiger charge is 2.19. The number of nitrogens with zero attached hydrogens (tertiary/aromatic N) is 1. The lowest BCUT2D eigenvalue weighted by Crippen LogP contribution is -2.36. The Hall–Kier alpha value is -2.93. The van der Waals surface area contributed by atoms with Gasteiger partial charge in [-0.25, -0.2) is 4.79 Å². The quantitative estimate of drug-likeness (QED) is 0.0407. The highest BCUT2D eigenvalue weighted by Crippen LogP contribution is 2.14. The molecule has 1 rings (SSSR count). The van der Waals surface area contributed by atoms with Gasteiger partial charge in [-0.2, -0.15) is 0 Å². The molecular weight excluding hydrogens is 687 g/mol. The molecule has 1 unspecified atom stereocenters. The van der Waals surface area contributed by atoms with E-state index >= 15 is 0 Å². The molecule has 0 aliphatic heterocycles. The Morgan fingerprint density at radius 1 is 0.582 bits per heavy atom. The second-order valence-corrected chi connectivity index (χ2v) is 15.7. The summed E-state index contributed by atoms with van der Waals surface area (Å²) in [6, 6.07) is 6.77. The summed E-state index contributed by atoms with van der Waals surface area (Å²) in [4.78, 5) is 38.7. The molecule has 55 heavy (non-hydrogen) atoms. The van der Waals surface area contributed by atoms with Crippen molar-refractivity contribution in [2.75, 3.05) is 20.2 Å². The van der Waals surface area contributed by atoms with Crippen LogP contribution in [0.2, 0.25) is 0 Å². The molecule has 0 heterocycles. The molecule has 1 N–H and O–H groups in total. The number of carboxylic acid groups (broad SMARTS) is 1. The third-order valence-electron chi connectivity index (χ3n) is 10.2. The van der Waals surface area contributed by atoms with Gasteiger partial charge in [0.15, 0.2) is 0 Å². The van der Waals surface area contributed by atoms with Crippen molar-refractivity contribution in [1.29, 1.82) is 0 Å². The van der Waals surface area contributed by atoms with Gasteiger partial charge in [-0.3, -0.25) is 14.5 Å². The van der Waals surface area contributed by atoms with E-state index in [2.05, 4.69) is 38.2 Å². The lowest BCUT2D eigenvalue weighted by atomic mass is 10.1. The zero-order chi connectivity index (χ0) is 40.0. The molecule has 0 aliphatic rings. The van der Waals surface area contributed by atoms with Crippen LogP contribution in [0.25, 0.3) is 0 Å². The van der Waals surface area contributed by atoms with Crippen LogP contribution in [0.15, 0.2) is 48.6 Å². The van der Waals surface area contributed by atoms with Gasteiger partial charge in [0.25, 0.3) is 0 Å². The van der Waals surface area contributed by atoms with Crippen molar-refractivity contribution in [2.24, 2.45) is 0 Å². The fraction of sp³-hybridized carbons (Fsp3) is 0.729. The normalized spacial score (nSPS) is 12.2.